The van der Waals surface area contributed by atoms with Gasteiger partial charge < -0.3 is 4.90 Å². The van der Waals surface area contributed by atoms with E-state index >= 15 is 0 Å². The third-order valence-corrected chi connectivity index (χ3v) is 5.66. The number of aromatic nitrogens is 2. The zero-order valence-corrected chi connectivity index (χ0v) is 19.2. The van der Waals surface area contributed by atoms with Crippen molar-refractivity contribution in [2.75, 3.05) is 35.0 Å². The first kappa shape index (κ1) is 22.3. The fourth-order valence-corrected chi connectivity index (χ4v) is 3.92. The lowest BCUT2D eigenvalue weighted by Crippen LogP contribution is -2.31. The third-order valence-electron chi connectivity index (χ3n) is 4.72. The smallest absolute Gasteiger partial charge is 0.302 e. The monoisotopic (exact) mass is 463 g/mol. The maximum Gasteiger partial charge on any atom is 0.302 e. The Morgan fingerprint density at radius 2 is 1.91 bits per heavy atom. The molecule has 0 bridgehead atoms. The van der Waals surface area contributed by atoms with Crippen molar-refractivity contribution in [2.24, 2.45) is 12.0 Å². The number of carbonyl (C=O) groups excluding carboxylic acids is 2. The molecule has 3 aromatic rings. The SMILES string of the molecule is CN(C)c1ccc(/C=C2/N=C(SCC(=O)Nc3c[n+](C)no3)N(c3ccccc3)C2=O)cc1. The van der Waals surface area contributed by atoms with E-state index in [1.54, 1.807) is 19.3 Å². The highest BCUT2D eigenvalue weighted by molar-refractivity contribution is 8.14. The molecule has 0 spiro atoms. The van der Waals surface area contributed by atoms with Crippen molar-refractivity contribution in [3.8, 4) is 0 Å². The fraction of sp³-hybridized carbons (Fsp3) is 0.174. The molecule has 4 rings (SSSR count). The molecule has 0 saturated heterocycles. The molecule has 0 aliphatic carbocycles. The fourth-order valence-electron chi connectivity index (χ4n) is 3.11. The van der Waals surface area contributed by atoms with Gasteiger partial charge >= 0.3 is 5.88 Å². The zero-order valence-electron chi connectivity index (χ0n) is 18.4. The van der Waals surface area contributed by atoms with Gasteiger partial charge in [0.2, 0.25) is 5.91 Å². The van der Waals surface area contributed by atoms with Crippen LogP contribution >= 0.6 is 11.8 Å². The predicted octanol–water partition coefficient (Wildman–Crippen LogP) is 2.68. The molecule has 1 aromatic heterocycles. The number of benzene rings is 2. The summed E-state index contributed by atoms with van der Waals surface area (Å²) in [6.45, 7) is 0. The Balaban J connectivity index is 1.55. The van der Waals surface area contributed by atoms with Crippen molar-refractivity contribution in [2.45, 2.75) is 0 Å². The first-order chi connectivity index (χ1) is 15.9. The van der Waals surface area contributed by atoms with Crippen molar-refractivity contribution in [1.29, 1.82) is 0 Å². The minimum Gasteiger partial charge on any atom is -0.378 e. The summed E-state index contributed by atoms with van der Waals surface area (Å²) in [7, 11) is 5.63. The maximum absolute atomic E-state index is 13.2. The highest BCUT2D eigenvalue weighted by Gasteiger charge is 2.32. The van der Waals surface area contributed by atoms with E-state index in [1.165, 1.54) is 21.3 Å². The minimum absolute atomic E-state index is 0.0463. The average Bonchev–Trinajstić information content (AvgIpc) is 3.35. The summed E-state index contributed by atoms with van der Waals surface area (Å²) < 4.78 is 6.43. The van der Waals surface area contributed by atoms with Crippen molar-refractivity contribution in [3.63, 3.8) is 0 Å². The minimum atomic E-state index is -0.295. The first-order valence-electron chi connectivity index (χ1n) is 10.1. The van der Waals surface area contributed by atoms with E-state index in [1.807, 2.05) is 73.6 Å². The molecule has 0 atom stereocenters. The topological polar surface area (TPSA) is 94.9 Å². The number of nitrogens with zero attached hydrogens (tertiary/aromatic N) is 5. The Morgan fingerprint density at radius 3 is 2.55 bits per heavy atom. The molecule has 0 radical (unpaired) electrons. The molecule has 9 nitrogen and oxygen atoms in total. The molecule has 1 aliphatic rings. The van der Waals surface area contributed by atoms with Crippen LogP contribution in [0.4, 0.5) is 17.3 Å². The normalized spacial score (nSPS) is 14.5. The van der Waals surface area contributed by atoms with Gasteiger partial charge in [-0.3, -0.25) is 24.3 Å². The lowest BCUT2D eigenvalue weighted by atomic mass is 10.1. The number of anilines is 3. The highest BCUT2D eigenvalue weighted by Crippen LogP contribution is 2.29. The summed E-state index contributed by atoms with van der Waals surface area (Å²) >= 11 is 1.17. The Kier molecular flexibility index (Phi) is 6.55. The molecular formula is C23H23N6O3S+. The summed E-state index contributed by atoms with van der Waals surface area (Å²) in [5.74, 6) is -0.251. The second kappa shape index (κ2) is 9.70. The molecule has 2 amide bonds. The number of hydrogen-bond donors (Lipinski definition) is 1. The van der Waals surface area contributed by atoms with Crippen LogP contribution in [0.2, 0.25) is 0 Å². The van der Waals surface area contributed by atoms with Gasteiger partial charge in [0.15, 0.2) is 17.5 Å². The zero-order chi connectivity index (χ0) is 23.4. The number of hydrogen-bond acceptors (Lipinski definition) is 7. The molecule has 2 heterocycles. The van der Waals surface area contributed by atoms with Gasteiger partial charge in [-0.25, -0.2) is 4.99 Å². The summed E-state index contributed by atoms with van der Waals surface area (Å²) in [4.78, 5) is 33.7. The lowest BCUT2D eigenvalue weighted by Gasteiger charge is -2.17. The average molecular weight is 464 g/mol. The van der Waals surface area contributed by atoms with E-state index in [-0.39, 0.29) is 23.5 Å². The van der Waals surface area contributed by atoms with Crippen LogP contribution in [0, 0.1) is 0 Å². The first-order valence-corrected chi connectivity index (χ1v) is 11.1. The number of amides is 2. The summed E-state index contributed by atoms with van der Waals surface area (Å²) in [5.41, 5.74) is 2.92. The number of aryl methyl sites for hydroxylation is 1. The second-order valence-corrected chi connectivity index (χ2v) is 8.41. The van der Waals surface area contributed by atoms with Crippen molar-refractivity contribution < 1.29 is 18.8 Å². The van der Waals surface area contributed by atoms with Gasteiger partial charge in [0.1, 0.15) is 5.70 Å². The van der Waals surface area contributed by atoms with Crippen LogP contribution in [0.1, 0.15) is 5.56 Å². The molecular weight excluding hydrogens is 440 g/mol. The quantitative estimate of drug-likeness (QED) is 0.446. The van der Waals surface area contributed by atoms with E-state index in [0.717, 1.165) is 11.3 Å². The molecule has 0 saturated carbocycles. The maximum atomic E-state index is 13.2. The third kappa shape index (κ3) is 5.29. The Labute approximate surface area is 195 Å². The Bertz CT molecular complexity index is 1220. The second-order valence-electron chi connectivity index (χ2n) is 7.46. The molecule has 168 valence electrons. The van der Waals surface area contributed by atoms with Gasteiger partial charge in [-0.1, -0.05) is 46.8 Å². The Morgan fingerprint density at radius 1 is 1.18 bits per heavy atom. The van der Waals surface area contributed by atoms with Crippen molar-refractivity contribution in [3.05, 3.63) is 72.1 Å². The number of thioether (sulfide) groups is 1. The van der Waals surface area contributed by atoms with Gasteiger partial charge in [0, 0.05) is 19.8 Å². The van der Waals surface area contributed by atoms with Crippen LogP contribution in [0.5, 0.6) is 0 Å². The van der Waals surface area contributed by atoms with Gasteiger partial charge in [-0.05, 0) is 35.9 Å². The Hall–Kier alpha value is -3.92. The van der Waals surface area contributed by atoms with E-state index in [9.17, 15) is 9.59 Å². The standard InChI is InChI=1S/C23H22N6O3S/c1-27(2)17-11-9-16(10-12-17)13-19-22(31)29(18-7-5-4-6-8-18)23(24-19)33-15-20(30)25-21-14-28(3)26-32-21/h4-14H,15H2,1-3H3/p+1/b19-13+. The molecule has 0 unspecified atom stereocenters. The van der Waals surface area contributed by atoms with E-state index in [4.69, 9.17) is 4.52 Å². The molecule has 2 aromatic carbocycles. The van der Waals surface area contributed by atoms with E-state index in [2.05, 4.69) is 15.6 Å². The lowest BCUT2D eigenvalue weighted by molar-refractivity contribution is -0.739. The van der Waals surface area contributed by atoms with Crippen molar-refractivity contribution >= 4 is 52.1 Å². The van der Waals surface area contributed by atoms with Gasteiger partial charge in [-0.2, -0.15) is 0 Å². The van der Waals surface area contributed by atoms with Crippen molar-refractivity contribution in [1.82, 2.24) is 5.27 Å². The van der Waals surface area contributed by atoms with Crippen LogP contribution in [-0.4, -0.2) is 42.1 Å². The predicted molar refractivity (Wildman–Crippen MR) is 129 cm³/mol. The number of aliphatic imine (C=N–C) groups is 1. The van der Waals surface area contributed by atoms with Gasteiger partial charge in [-0.15, -0.1) is 0 Å². The largest absolute Gasteiger partial charge is 0.378 e. The molecule has 0 fully saturated rings. The summed E-state index contributed by atoms with van der Waals surface area (Å²) in [6.07, 6.45) is 3.30. The number of para-hydroxylation sites is 1. The molecule has 10 heteroatoms. The molecule has 1 N–H and O–H groups in total. The van der Waals surface area contributed by atoms with Gasteiger partial charge in [0.25, 0.3) is 12.1 Å². The number of carbonyl (C=O) groups is 2. The van der Waals surface area contributed by atoms with E-state index < -0.39 is 0 Å². The van der Waals surface area contributed by atoms with Crippen LogP contribution < -0.4 is 19.8 Å². The number of nitrogens with one attached hydrogen (secondary N) is 1. The summed E-state index contributed by atoms with van der Waals surface area (Å²) in [5, 5.41) is 6.73. The molecule has 33 heavy (non-hydrogen) atoms. The van der Waals surface area contributed by atoms with Gasteiger partial charge in [0.05, 0.1) is 11.4 Å². The number of rotatable bonds is 6. The highest BCUT2D eigenvalue weighted by atomic mass is 32.2. The van der Waals surface area contributed by atoms with Crippen LogP contribution in [-0.2, 0) is 16.6 Å². The molecule has 1 aliphatic heterocycles. The van der Waals surface area contributed by atoms with Crippen LogP contribution in [0.25, 0.3) is 6.08 Å². The van der Waals surface area contributed by atoms with Crippen LogP contribution in [0.15, 0.2) is 76.0 Å². The van der Waals surface area contributed by atoms with Crippen LogP contribution in [0.3, 0.4) is 0 Å². The van der Waals surface area contributed by atoms with E-state index in [0.29, 0.717) is 16.6 Å². The number of amidine groups is 1. The summed E-state index contributed by atoms with van der Waals surface area (Å²) in [6, 6.07) is 17.1.